The maximum atomic E-state index is 12.1. The fourth-order valence-corrected chi connectivity index (χ4v) is 2.05. The Morgan fingerprint density at radius 1 is 0.905 bits per heavy atom. The molecular weight excluding hydrogens is 262 g/mol. The molecule has 0 saturated carbocycles. The van der Waals surface area contributed by atoms with Crippen molar-refractivity contribution < 1.29 is 9.21 Å². The molecular formula is C18H15NO2. The molecule has 1 aromatic heterocycles. The van der Waals surface area contributed by atoms with E-state index < -0.39 is 0 Å². The third-order valence-corrected chi connectivity index (χ3v) is 3.20. The summed E-state index contributed by atoms with van der Waals surface area (Å²) in [6.45, 7) is 2.03. The standard InChI is InChI=1S/C18H15NO2/c1-13-7-9-14(10-8-13)16-11-12-17(21-16)18(20)19-15-5-3-2-4-6-15/h2-12H,1H3,(H,19,20). The number of carbonyl (C=O) groups is 1. The molecule has 1 N–H and O–H groups in total. The molecule has 1 amide bonds. The van der Waals surface area contributed by atoms with Crippen molar-refractivity contribution in [3.63, 3.8) is 0 Å². The topological polar surface area (TPSA) is 42.2 Å². The minimum atomic E-state index is -0.250. The van der Waals surface area contributed by atoms with Crippen molar-refractivity contribution in [2.45, 2.75) is 6.92 Å². The van der Waals surface area contributed by atoms with E-state index in [4.69, 9.17) is 4.42 Å². The van der Waals surface area contributed by atoms with Gasteiger partial charge in [0.1, 0.15) is 5.76 Å². The van der Waals surface area contributed by atoms with E-state index in [0.717, 1.165) is 11.3 Å². The van der Waals surface area contributed by atoms with E-state index in [9.17, 15) is 4.79 Å². The molecule has 0 aliphatic carbocycles. The minimum Gasteiger partial charge on any atom is -0.451 e. The van der Waals surface area contributed by atoms with Gasteiger partial charge in [0.25, 0.3) is 5.91 Å². The number of carbonyl (C=O) groups excluding carboxylic acids is 1. The van der Waals surface area contributed by atoms with Gasteiger partial charge in [0.05, 0.1) is 0 Å². The second-order valence-electron chi connectivity index (χ2n) is 4.85. The van der Waals surface area contributed by atoms with Crippen LogP contribution >= 0.6 is 0 Å². The first-order valence-corrected chi connectivity index (χ1v) is 6.76. The number of hydrogen-bond acceptors (Lipinski definition) is 2. The van der Waals surface area contributed by atoms with Crippen LogP contribution in [-0.2, 0) is 0 Å². The van der Waals surface area contributed by atoms with Crippen molar-refractivity contribution >= 4 is 11.6 Å². The second kappa shape index (κ2) is 5.67. The molecule has 0 aliphatic heterocycles. The summed E-state index contributed by atoms with van der Waals surface area (Å²) in [5.41, 5.74) is 2.89. The molecule has 0 fully saturated rings. The summed E-state index contributed by atoms with van der Waals surface area (Å²) >= 11 is 0. The second-order valence-corrected chi connectivity index (χ2v) is 4.85. The van der Waals surface area contributed by atoms with Gasteiger partial charge in [-0.15, -0.1) is 0 Å². The van der Waals surface area contributed by atoms with Crippen LogP contribution in [0.25, 0.3) is 11.3 Å². The maximum absolute atomic E-state index is 12.1. The van der Waals surface area contributed by atoms with Crippen molar-refractivity contribution in [3.8, 4) is 11.3 Å². The number of nitrogens with one attached hydrogen (secondary N) is 1. The van der Waals surface area contributed by atoms with Crippen LogP contribution in [0.15, 0.2) is 71.1 Å². The Bertz CT molecular complexity index is 742. The molecule has 3 aromatic rings. The van der Waals surface area contributed by atoms with Gasteiger partial charge in [-0.3, -0.25) is 4.79 Å². The Hall–Kier alpha value is -2.81. The van der Waals surface area contributed by atoms with Crippen LogP contribution in [-0.4, -0.2) is 5.91 Å². The van der Waals surface area contributed by atoms with Gasteiger partial charge in [-0.1, -0.05) is 48.0 Å². The first-order chi connectivity index (χ1) is 10.2. The maximum Gasteiger partial charge on any atom is 0.291 e. The molecule has 3 nitrogen and oxygen atoms in total. The number of para-hydroxylation sites is 1. The number of rotatable bonds is 3. The highest BCUT2D eigenvalue weighted by Gasteiger charge is 2.12. The monoisotopic (exact) mass is 277 g/mol. The number of anilines is 1. The fraction of sp³-hybridized carbons (Fsp3) is 0.0556. The van der Waals surface area contributed by atoms with E-state index in [-0.39, 0.29) is 5.91 Å². The van der Waals surface area contributed by atoms with E-state index >= 15 is 0 Å². The molecule has 0 aliphatic rings. The molecule has 0 atom stereocenters. The van der Waals surface area contributed by atoms with Crippen molar-refractivity contribution in [3.05, 3.63) is 78.1 Å². The number of amides is 1. The van der Waals surface area contributed by atoms with Crippen molar-refractivity contribution in [2.75, 3.05) is 5.32 Å². The van der Waals surface area contributed by atoms with Gasteiger partial charge < -0.3 is 9.73 Å². The van der Waals surface area contributed by atoms with Crippen molar-refractivity contribution in [1.82, 2.24) is 0 Å². The molecule has 2 aromatic carbocycles. The summed E-state index contributed by atoms with van der Waals surface area (Å²) in [5.74, 6) is 0.738. The average molecular weight is 277 g/mol. The molecule has 0 spiro atoms. The SMILES string of the molecule is Cc1ccc(-c2ccc(C(=O)Nc3ccccc3)o2)cc1. The molecule has 3 heteroatoms. The molecule has 21 heavy (non-hydrogen) atoms. The van der Waals surface area contributed by atoms with Gasteiger partial charge in [0.2, 0.25) is 0 Å². The summed E-state index contributed by atoms with van der Waals surface area (Å²) in [6, 6.07) is 20.8. The number of benzene rings is 2. The normalized spacial score (nSPS) is 10.3. The minimum absolute atomic E-state index is 0.250. The zero-order valence-corrected chi connectivity index (χ0v) is 11.7. The quantitative estimate of drug-likeness (QED) is 0.765. The third-order valence-electron chi connectivity index (χ3n) is 3.20. The lowest BCUT2D eigenvalue weighted by Gasteiger charge is -2.02. The molecule has 0 radical (unpaired) electrons. The smallest absolute Gasteiger partial charge is 0.291 e. The summed E-state index contributed by atoms with van der Waals surface area (Å²) in [7, 11) is 0. The van der Waals surface area contributed by atoms with Crippen molar-refractivity contribution in [1.29, 1.82) is 0 Å². The van der Waals surface area contributed by atoms with Gasteiger partial charge in [0.15, 0.2) is 5.76 Å². The number of furan rings is 1. The molecule has 0 bridgehead atoms. The van der Waals surface area contributed by atoms with Gasteiger partial charge in [-0.25, -0.2) is 0 Å². The first-order valence-electron chi connectivity index (χ1n) is 6.76. The summed E-state index contributed by atoms with van der Waals surface area (Å²) in [5, 5.41) is 2.80. The largest absolute Gasteiger partial charge is 0.451 e. The van der Waals surface area contributed by atoms with Gasteiger partial charge in [-0.05, 0) is 31.2 Å². The highest BCUT2D eigenvalue weighted by Crippen LogP contribution is 2.23. The predicted molar refractivity (Wildman–Crippen MR) is 83.3 cm³/mol. The molecule has 3 rings (SSSR count). The Kier molecular flexibility index (Phi) is 3.56. The molecule has 104 valence electrons. The van der Waals surface area contributed by atoms with Crippen LogP contribution in [0.4, 0.5) is 5.69 Å². The first kappa shape index (κ1) is 13.2. The Balaban J connectivity index is 1.78. The average Bonchev–Trinajstić information content (AvgIpc) is 2.99. The highest BCUT2D eigenvalue weighted by atomic mass is 16.3. The van der Waals surface area contributed by atoms with E-state index in [1.165, 1.54) is 5.56 Å². The lowest BCUT2D eigenvalue weighted by Crippen LogP contribution is -2.10. The predicted octanol–water partition coefficient (Wildman–Crippen LogP) is 4.51. The number of hydrogen-bond donors (Lipinski definition) is 1. The van der Waals surface area contributed by atoms with Gasteiger partial charge in [-0.2, -0.15) is 0 Å². The van der Waals surface area contributed by atoms with Crippen LogP contribution in [0.5, 0.6) is 0 Å². The van der Waals surface area contributed by atoms with E-state index in [2.05, 4.69) is 5.32 Å². The molecule has 0 unspecified atom stereocenters. The summed E-state index contributed by atoms with van der Waals surface area (Å²) < 4.78 is 5.63. The van der Waals surface area contributed by atoms with Gasteiger partial charge >= 0.3 is 0 Å². The Labute approximate surface area is 123 Å². The summed E-state index contributed by atoms with van der Waals surface area (Å²) in [4.78, 5) is 12.1. The van der Waals surface area contributed by atoms with Crippen LogP contribution in [0.3, 0.4) is 0 Å². The van der Waals surface area contributed by atoms with Crippen LogP contribution in [0, 0.1) is 6.92 Å². The zero-order valence-electron chi connectivity index (χ0n) is 11.7. The van der Waals surface area contributed by atoms with Crippen molar-refractivity contribution in [2.24, 2.45) is 0 Å². The zero-order chi connectivity index (χ0) is 14.7. The lowest BCUT2D eigenvalue weighted by atomic mass is 10.1. The van der Waals surface area contributed by atoms with Gasteiger partial charge in [0, 0.05) is 11.3 Å². The van der Waals surface area contributed by atoms with Crippen LogP contribution in [0.1, 0.15) is 16.1 Å². The molecule has 1 heterocycles. The van der Waals surface area contributed by atoms with Crippen LogP contribution < -0.4 is 5.32 Å². The third kappa shape index (κ3) is 3.03. The van der Waals surface area contributed by atoms with Crippen LogP contribution in [0.2, 0.25) is 0 Å². The Morgan fingerprint density at radius 3 is 2.33 bits per heavy atom. The Morgan fingerprint density at radius 2 is 1.62 bits per heavy atom. The fourth-order valence-electron chi connectivity index (χ4n) is 2.05. The van der Waals surface area contributed by atoms with E-state index in [1.54, 1.807) is 6.07 Å². The molecule has 0 saturated heterocycles. The number of aryl methyl sites for hydroxylation is 1. The highest BCUT2D eigenvalue weighted by molar-refractivity contribution is 6.02. The van der Waals surface area contributed by atoms with E-state index in [1.807, 2.05) is 67.6 Å². The lowest BCUT2D eigenvalue weighted by molar-refractivity contribution is 0.0997. The summed E-state index contributed by atoms with van der Waals surface area (Å²) in [6.07, 6.45) is 0. The van der Waals surface area contributed by atoms with E-state index in [0.29, 0.717) is 11.5 Å².